The standard InChI is InChI=1S/C18H24N2/c1-20(18-10-8-17(19)9-11-18)13-14-6-7-15-4-2-3-5-16(15)12-14/h2-7,12,17-18H,8-11,13,19H2,1H3. The van der Waals surface area contributed by atoms with Crippen molar-refractivity contribution in [2.75, 3.05) is 7.05 Å². The lowest BCUT2D eigenvalue weighted by atomic mass is 9.91. The Bertz CT molecular complexity index is 570. The van der Waals surface area contributed by atoms with Gasteiger partial charge in [-0.1, -0.05) is 36.4 Å². The van der Waals surface area contributed by atoms with E-state index in [0.29, 0.717) is 12.1 Å². The van der Waals surface area contributed by atoms with Crippen molar-refractivity contribution < 1.29 is 0 Å². The van der Waals surface area contributed by atoms with Gasteiger partial charge in [0, 0.05) is 18.6 Å². The summed E-state index contributed by atoms with van der Waals surface area (Å²) < 4.78 is 0. The van der Waals surface area contributed by atoms with Gasteiger partial charge in [-0.25, -0.2) is 0 Å². The highest BCUT2D eigenvalue weighted by atomic mass is 15.1. The number of hydrogen-bond acceptors (Lipinski definition) is 2. The lowest BCUT2D eigenvalue weighted by Gasteiger charge is -2.33. The highest BCUT2D eigenvalue weighted by Crippen LogP contribution is 2.23. The Morgan fingerprint density at radius 3 is 2.45 bits per heavy atom. The van der Waals surface area contributed by atoms with E-state index in [-0.39, 0.29) is 0 Å². The van der Waals surface area contributed by atoms with Gasteiger partial charge in [0.1, 0.15) is 0 Å². The third-order valence-corrected chi connectivity index (χ3v) is 4.61. The summed E-state index contributed by atoms with van der Waals surface area (Å²) in [4.78, 5) is 2.50. The van der Waals surface area contributed by atoms with E-state index in [9.17, 15) is 0 Å². The number of nitrogens with zero attached hydrogens (tertiary/aromatic N) is 1. The lowest BCUT2D eigenvalue weighted by Crippen LogP contribution is -2.38. The molecule has 0 amide bonds. The molecule has 1 saturated carbocycles. The van der Waals surface area contributed by atoms with Gasteiger partial charge in [-0.05, 0) is 55.1 Å². The molecule has 2 aromatic rings. The Kier molecular flexibility index (Phi) is 4.04. The molecule has 1 fully saturated rings. The fourth-order valence-electron chi connectivity index (χ4n) is 3.30. The van der Waals surface area contributed by atoms with Gasteiger partial charge in [-0.2, -0.15) is 0 Å². The van der Waals surface area contributed by atoms with Crippen molar-refractivity contribution in [1.82, 2.24) is 4.90 Å². The maximum atomic E-state index is 5.99. The van der Waals surface area contributed by atoms with Crippen LogP contribution in [-0.2, 0) is 6.54 Å². The van der Waals surface area contributed by atoms with Gasteiger partial charge < -0.3 is 5.73 Å². The SMILES string of the molecule is CN(Cc1ccc2ccccc2c1)C1CCC(N)CC1. The van der Waals surface area contributed by atoms with Crippen molar-refractivity contribution in [3.05, 3.63) is 48.0 Å². The van der Waals surface area contributed by atoms with Gasteiger partial charge in [0.15, 0.2) is 0 Å². The summed E-state index contributed by atoms with van der Waals surface area (Å²) >= 11 is 0. The Morgan fingerprint density at radius 1 is 1.00 bits per heavy atom. The largest absolute Gasteiger partial charge is 0.328 e. The first-order valence-electron chi connectivity index (χ1n) is 7.66. The van der Waals surface area contributed by atoms with E-state index in [2.05, 4.69) is 54.4 Å². The fourth-order valence-corrected chi connectivity index (χ4v) is 3.30. The predicted octanol–water partition coefficient (Wildman–Crippen LogP) is 3.54. The van der Waals surface area contributed by atoms with Crippen LogP contribution in [0.1, 0.15) is 31.2 Å². The molecule has 3 rings (SSSR count). The summed E-state index contributed by atoms with van der Waals surface area (Å²) in [5.74, 6) is 0. The molecule has 0 radical (unpaired) electrons. The lowest BCUT2D eigenvalue weighted by molar-refractivity contribution is 0.176. The second-order valence-electron chi connectivity index (χ2n) is 6.17. The Morgan fingerprint density at radius 2 is 1.70 bits per heavy atom. The molecule has 2 heteroatoms. The van der Waals surface area contributed by atoms with Crippen molar-refractivity contribution in [1.29, 1.82) is 0 Å². The molecule has 0 aromatic heterocycles. The third-order valence-electron chi connectivity index (χ3n) is 4.61. The van der Waals surface area contributed by atoms with Crippen LogP contribution >= 0.6 is 0 Å². The number of benzene rings is 2. The summed E-state index contributed by atoms with van der Waals surface area (Å²) in [6.07, 6.45) is 4.83. The van der Waals surface area contributed by atoms with Crippen molar-refractivity contribution in [2.45, 2.75) is 44.3 Å². The minimum absolute atomic E-state index is 0.431. The van der Waals surface area contributed by atoms with Crippen molar-refractivity contribution in [3.8, 4) is 0 Å². The van der Waals surface area contributed by atoms with Crippen LogP contribution in [-0.4, -0.2) is 24.0 Å². The van der Waals surface area contributed by atoms with Crippen LogP contribution in [0.3, 0.4) is 0 Å². The number of hydrogen-bond donors (Lipinski definition) is 1. The van der Waals surface area contributed by atoms with Crippen LogP contribution in [0, 0.1) is 0 Å². The van der Waals surface area contributed by atoms with Crippen LogP contribution < -0.4 is 5.73 Å². The molecule has 0 atom stereocenters. The first-order valence-corrected chi connectivity index (χ1v) is 7.66. The van der Waals surface area contributed by atoms with E-state index in [0.717, 1.165) is 6.54 Å². The highest BCUT2D eigenvalue weighted by Gasteiger charge is 2.21. The van der Waals surface area contributed by atoms with Gasteiger partial charge in [-0.15, -0.1) is 0 Å². The number of rotatable bonds is 3. The van der Waals surface area contributed by atoms with Crippen LogP contribution in [0.5, 0.6) is 0 Å². The summed E-state index contributed by atoms with van der Waals surface area (Å²) in [7, 11) is 2.25. The monoisotopic (exact) mass is 268 g/mol. The topological polar surface area (TPSA) is 29.3 Å². The average molecular weight is 268 g/mol. The summed E-state index contributed by atoms with van der Waals surface area (Å²) in [6.45, 7) is 1.03. The van der Waals surface area contributed by atoms with E-state index in [1.807, 2.05) is 0 Å². The second-order valence-corrected chi connectivity index (χ2v) is 6.17. The Hall–Kier alpha value is -1.38. The van der Waals surface area contributed by atoms with Gasteiger partial charge in [0.25, 0.3) is 0 Å². The zero-order valence-electron chi connectivity index (χ0n) is 12.3. The van der Waals surface area contributed by atoms with Crippen LogP contribution in [0.15, 0.2) is 42.5 Å². The van der Waals surface area contributed by atoms with Crippen LogP contribution in [0.25, 0.3) is 10.8 Å². The van der Waals surface area contributed by atoms with E-state index in [1.54, 1.807) is 0 Å². The molecule has 20 heavy (non-hydrogen) atoms. The summed E-state index contributed by atoms with van der Waals surface area (Å²) in [6, 6.07) is 16.5. The zero-order valence-corrected chi connectivity index (χ0v) is 12.3. The van der Waals surface area contributed by atoms with Gasteiger partial charge >= 0.3 is 0 Å². The molecular formula is C18H24N2. The van der Waals surface area contributed by atoms with Crippen LogP contribution in [0.2, 0.25) is 0 Å². The number of fused-ring (bicyclic) bond motifs is 1. The fraction of sp³-hybridized carbons (Fsp3) is 0.444. The molecule has 0 saturated heterocycles. The minimum atomic E-state index is 0.431. The smallest absolute Gasteiger partial charge is 0.0233 e. The molecule has 0 unspecified atom stereocenters. The van der Waals surface area contributed by atoms with Gasteiger partial charge in [0.2, 0.25) is 0 Å². The molecule has 0 aliphatic heterocycles. The predicted molar refractivity (Wildman–Crippen MR) is 85.6 cm³/mol. The molecular weight excluding hydrogens is 244 g/mol. The summed E-state index contributed by atoms with van der Waals surface area (Å²) in [5.41, 5.74) is 7.40. The molecule has 2 aromatic carbocycles. The first kappa shape index (κ1) is 13.6. The average Bonchev–Trinajstić information content (AvgIpc) is 2.48. The second kappa shape index (κ2) is 5.94. The molecule has 2 N–H and O–H groups in total. The quantitative estimate of drug-likeness (QED) is 0.922. The summed E-state index contributed by atoms with van der Waals surface area (Å²) in [5, 5.41) is 2.66. The molecule has 106 valence electrons. The molecule has 0 spiro atoms. The molecule has 2 nitrogen and oxygen atoms in total. The van der Waals surface area contributed by atoms with Crippen molar-refractivity contribution in [2.24, 2.45) is 5.73 Å². The molecule has 0 heterocycles. The molecule has 1 aliphatic rings. The highest BCUT2D eigenvalue weighted by molar-refractivity contribution is 5.82. The van der Waals surface area contributed by atoms with Crippen LogP contribution in [0.4, 0.5) is 0 Å². The van der Waals surface area contributed by atoms with E-state index in [1.165, 1.54) is 42.0 Å². The maximum Gasteiger partial charge on any atom is 0.0233 e. The Labute approximate surface area is 121 Å². The Balaban J connectivity index is 1.69. The van der Waals surface area contributed by atoms with E-state index in [4.69, 9.17) is 5.73 Å². The van der Waals surface area contributed by atoms with Gasteiger partial charge in [-0.3, -0.25) is 4.90 Å². The molecule has 1 aliphatic carbocycles. The maximum absolute atomic E-state index is 5.99. The normalized spacial score (nSPS) is 23.4. The first-order chi connectivity index (χ1) is 9.72. The molecule has 0 bridgehead atoms. The van der Waals surface area contributed by atoms with Crippen molar-refractivity contribution in [3.63, 3.8) is 0 Å². The van der Waals surface area contributed by atoms with Crippen molar-refractivity contribution >= 4 is 10.8 Å². The minimum Gasteiger partial charge on any atom is -0.328 e. The zero-order chi connectivity index (χ0) is 13.9. The van der Waals surface area contributed by atoms with E-state index >= 15 is 0 Å². The third kappa shape index (κ3) is 3.02. The van der Waals surface area contributed by atoms with Gasteiger partial charge in [0.05, 0.1) is 0 Å². The van der Waals surface area contributed by atoms with E-state index < -0.39 is 0 Å². The number of nitrogens with two attached hydrogens (primary N) is 1.